The SMILES string of the molecule is COC(=O)N/C(=N/C(=O)c1c(-c2ccc(OC)cc2)noc1C)NCc1cc(C)cc(CN)c1. The van der Waals surface area contributed by atoms with Gasteiger partial charge in [0, 0.05) is 18.7 Å². The second-order valence-corrected chi connectivity index (χ2v) is 7.46. The van der Waals surface area contributed by atoms with Crippen molar-refractivity contribution in [3.05, 3.63) is 70.5 Å². The minimum Gasteiger partial charge on any atom is -0.497 e. The summed E-state index contributed by atoms with van der Waals surface area (Å²) in [6.07, 6.45) is -0.775. The maximum atomic E-state index is 13.1. The van der Waals surface area contributed by atoms with Gasteiger partial charge >= 0.3 is 6.09 Å². The summed E-state index contributed by atoms with van der Waals surface area (Å²) in [5.41, 5.74) is 9.84. The topological polar surface area (TPSA) is 141 Å². The van der Waals surface area contributed by atoms with Crippen LogP contribution in [0.5, 0.6) is 5.75 Å². The van der Waals surface area contributed by atoms with Crippen LogP contribution in [0.4, 0.5) is 4.79 Å². The largest absolute Gasteiger partial charge is 0.497 e. The summed E-state index contributed by atoms with van der Waals surface area (Å²) >= 11 is 0. The average Bonchev–Trinajstić information content (AvgIpc) is 3.23. The van der Waals surface area contributed by atoms with E-state index in [1.165, 1.54) is 7.11 Å². The Bertz CT molecular complexity index is 1200. The number of nitrogens with zero attached hydrogens (tertiary/aromatic N) is 2. The molecule has 0 aliphatic heterocycles. The van der Waals surface area contributed by atoms with Crippen molar-refractivity contribution in [3.8, 4) is 17.0 Å². The molecule has 0 unspecified atom stereocenters. The van der Waals surface area contributed by atoms with Crippen molar-refractivity contribution in [2.45, 2.75) is 26.9 Å². The van der Waals surface area contributed by atoms with Crippen molar-refractivity contribution in [2.24, 2.45) is 10.7 Å². The van der Waals surface area contributed by atoms with E-state index in [9.17, 15) is 9.59 Å². The van der Waals surface area contributed by atoms with Gasteiger partial charge in [0.1, 0.15) is 22.8 Å². The van der Waals surface area contributed by atoms with Crippen molar-refractivity contribution in [1.29, 1.82) is 0 Å². The molecule has 4 N–H and O–H groups in total. The van der Waals surface area contributed by atoms with E-state index in [4.69, 9.17) is 15.0 Å². The summed E-state index contributed by atoms with van der Waals surface area (Å²) in [7, 11) is 2.78. The lowest BCUT2D eigenvalue weighted by Crippen LogP contribution is -2.41. The maximum absolute atomic E-state index is 13.1. The molecule has 1 aromatic heterocycles. The molecule has 10 nitrogen and oxygen atoms in total. The van der Waals surface area contributed by atoms with Gasteiger partial charge in [-0.2, -0.15) is 4.99 Å². The number of methoxy groups -OCH3 is 2. The number of carbonyl (C=O) groups excluding carboxylic acids is 2. The highest BCUT2D eigenvalue weighted by Gasteiger charge is 2.22. The zero-order chi connectivity index (χ0) is 24.7. The van der Waals surface area contributed by atoms with Crippen molar-refractivity contribution in [2.75, 3.05) is 14.2 Å². The number of alkyl carbamates (subject to hydrolysis) is 1. The number of guanidine groups is 1. The third-order valence-corrected chi connectivity index (χ3v) is 4.95. The fourth-order valence-corrected chi connectivity index (χ4v) is 3.34. The average molecular weight is 466 g/mol. The van der Waals surface area contributed by atoms with Gasteiger partial charge in [0.2, 0.25) is 5.96 Å². The van der Waals surface area contributed by atoms with E-state index < -0.39 is 12.0 Å². The molecule has 3 rings (SSSR count). The first kappa shape index (κ1) is 24.5. The Kier molecular flexibility index (Phi) is 7.99. The molecule has 0 spiro atoms. The molecule has 10 heteroatoms. The Morgan fingerprint density at radius 2 is 1.79 bits per heavy atom. The predicted molar refractivity (Wildman–Crippen MR) is 126 cm³/mol. The molecular weight excluding hydrogens is 438 g/mol. The Morgan fingerprint density at radius 3 is 2.44 bits per heavy atom. The Morgan fingerprint density at radius 1 is 1.09 bits per heavy atom. The van der Waals surface area contributed by atoms with Crippen LogP contribution in [0.2, 0.25) is 0 Å². The van der Waals surface area contributed by atoms with Gasteiger partial charge in [-0.05, 0) is 49.2 Å². The van der Waals surface area contributed by atoms with Crippen molar-refractivity contribution in [3.63, 3.8) is 0 Å². The van der Waals surface area contributed by atoms with Crippen molar-refractivity contribution >= 4 is 18.0 Å². The number of carbonyl (C=O) groups is 2. The zero-order valence-electron chi connectivity index (χ0n) is 19.5. The van der Waals surface area contributed by atoms with Gasteiger partial charge in [-0.3, -0.25) is 10.1 Å². The fourth-order valence-electron chi connectivity index (χ4n) is 3.34. The number of ether oxygens (including phenoxy) is 2. The first-order valence-corrected chi connectivity index (χ1v) is 10.5. The number of rotatable bonds is 6. The first-order valence-electron chi connectivity index (χ1n) is 10.5. The molecule has 2 aromatic carbocycles. The van der Waals surface area contributed by atoms with E-state index in [0.717, 1.165) is 16.7 Å². The second kappa shape index (κ2) is 11.1. The number of aryl methyl sites for hydroxylation is 2. The first-order chi connectivity index (χ1) is 16.3. The Labute approximate surface area is 197 Å². The normalized spacial score (nSPS) is 11.1. The Balaban J connectivity index is 1.89. The highest BCUT2D eigenvalue weighted by atomic mass is 16.5. The monoisotopic (exact) mass is 465 g/mol. The van der Waals surface area contributed by atoms with E-state index in [0.29, 0.717) is 35.9 Å². The molecule has 178 valence electrons. The van der Waals surface area contributed by atoms with E-state index in [-0.39, 0.29) is 11.5 Å². The number of amides is 2. The van der Waals surface area contributed by atoms with Crippen molar-refractivity contribution in [1.82, 2.24) is 15.8 Å². The molecule has 0 radical (unpaired) electrons. The van der Waals surface area contributed by atoms with Gasteiger partial charge in [-0.25, -0.2) is 4.79 Å². The zero-order valence-corrected chi connectivity index (χ0v) is 19.5. The highest BCUT2D eigenvalue weighted by molar-refractivity contribution is 6.08. The van der Waals surface area contributed by atoms with Gasteiger partial charge in [-0.15, -0.1) is 0 Å². The third-order valence-electron chi connectivity index (χ3n) is 4.95. The number of nitrogens with one attached hydrogen (secondary N) is 2. The predicted octanol–water partition coefficient (Wildman–Crippen LogP) is 3.07. The molecule has 0 saturated heterocycles. The summed E-state index contributed by atoms with van der Waals surface area (Å²) in [5, 5.41) is 9.43. The van der Waals surface area contributed by atoms with Gasteiger partial charge < -0.3 is 25.0 Å². The van der Waals surface area contributed by atoms with Crippen LogP contribution in [-0.4, -0.2) is 37.3 Å². The molecule has 3 aromatic rings. The molecule has 0 saturated carbocycles. The molecule has 0 aliphatic carbocycles. The van der Waals surface area contributed by atoms with Crippen LogP contribution in [0.1, 0.15) is 32.8 Å². The van der Waals surface area contributed by atoms with E-state index in [1.807, 2.05) is 25.1 Å². The molecule has 0 aliphatic rings. The third kappa shape index (κ3) is 5.99. The minimum absolute atomic E-state index is 0.0751. The van der Waals surface area contributed by atoms with Crippen LogP contribution in [0, 0.1) is 13.8 Å². The number of hydrogen-bond acceptors (Lipinski definition) is 7. The van der Waals surface area contributed by atoms with E-state index in [1.54, 1.807) is 38.3 Å². The minimum atomic E-state index is -0.775. The molecular formula is C24H27N5O5. The van der Waals surface area contributed by atoms with Crippen LogP contribution in [0.3, 0.4) is 0 Å². The Hall–Kier alpha value is -4.18. The van der Waals surface area contributed by atoms with Gasteiger partial charge in [0.15, 0.2) is 0 Å². The molecule has 0 fully saturated rings. The summed E-state index contributed by atoms with van der Waals surface area (Å²) in [4.78, 5) is 29.0. The fraction of sp³-hybridized carbons (Fsp3) is 0.250. The molecule has 2 amide bonds. The summed E-state index contributed by atoms with van der Waals surface area (Å²) < 4.78 is 15.1. The molecule has 0 atom stereocenters. The number of aliphatic imine (C=N–C) groups is 1. The number of benzene rings is 2. The van der Waals surface area contributed by atoms with Crippen molar-refractivity contribution < 1.29 is 23.6 Å². The lowest BCUT2D eigenvalue weighted by molar-refractivity contribution is 0.100. The van der Waals surface area contributed by atoms with Gasteiger partial charge in [-0.1, -0.05) is 28.9 Å². The molecule has 34 heavy (non-hydrogen) atoms. The summed E-state index contributed by atoms with van der Waals surface area (Å²) in [6, 6.07) is 12.9. The maximum Gasteiger partial charge on any atom is 0.413 e. The number of aromatic nitrogens is 1. The molecule has 0 bridgehead atoms. The summed E-state index contributed by atoms with van der Waals surface area (Å²) in [5.74, 6) is 0.241. The standard InChI is InChI=1S/C24H27N5O5/c1-14-9-16(12-25)11-17(10-14)13-26-23(28-24(31)33-4)27-22(30)20-15(2)34-29-21(20)18-5-7-19(32-3)8-6-18/h5-11H,12-13,25H2,1-4H3,(H2,26,27,28,30,31). The van der Waals surface area contributed by atoms with Gasteiger partial charge in [0.05, 0.1) is 14.2 Å². The lowest BCUT2D eigenvalue weighted by atomic mass is 10.1. The van der Waals surface area contributed by atoms with Crippen LogP contribution in [-0.2, 0) is 17.8 Å². The van der Waals surface area contributed by atoms with Crippen LogP contribution in [0.25, 0.3) is 11.3 Å². The quantitative estimate of drug-likeness (QED) is 0.373. The van der Waals surface area contributed by atoms with Gasteiger partial charge in [0.25, 0.3) is 5.91 Å². The number of nitrogens with two attached hydrogens (primary N) is 1. The smallest absolute Gasteiger partial charge is 0.413 e. The molecule has 1 heterocycles. The highest BCUT2D eigenvalue weighted by Crippen LogP contribution is 2.27. The van der Waals surface area contributed by atoms with Crippen LogP contribution >= 0.6 is 0 Å². The number of hydrogen-bond donors (Lipinski definition) is 3. The lowest BCUT2D eigenvalue weighted by Gasteiger charge is -2.12. The summed E-state index contributed by atoms with van der Waals surface area (Å²) in [6.45, 7) is 4.27. The second-order valence-electron chi connectivity index (χ2n) is 7.46. The van der Waals surface area contributed by atoms with Crippen LogP contribution in [0.15, 0.2) is 52.0 Å². The van der Waals surface area contributed by atoms with Crippen LogP contribution < -0.4 is 21.1 Å². The van der Waals surface area contributed by atoms with E-state index >= 15 is 0 Å². The van der Waals surface area contributed by atoms with E-state index in [2.05, 4.69) is 25.5 Å².